The Morgan fingerprint density at radius 1 is 1.29 bits per heavy atom. The minimum absolute atomic E-state index is 0.222. The van der Waals surface area contributed by atoms with Crippen LogP contribution in [0.4, 0.5) is 10.2 Å². The fourth-order valence-corrected chi connectivity index (χ4v) is 2.58. The summed E-state index contributed by atoms with van der Waals surface area (Å²) in [5.41, 5.74) is 1.93. The molecule has 1 saturated heterocycles. The Bertz CT molecular complexity index is 579. The van der Waals surface area contributed by atoms with Crippen LogP contribution in [0.5, 0.6) is 0 Å². The second-order valence-electron chi connectivity index (χ2n) is 5.35. The summed E-state index contributed by atoms with van der Waals surface area (Å²) in [6.45, 7) is 2.61. The molecule has 5 heteroatoms. The van der Waals surface area contributed by atoms with Gasteiger partial charge in [-0.05, 0) is 37.1 Å². The Hall–Kier alpha value is -2.01. The number of hydrogen-bond acceptors (Lipinski definition) is 4. The summed E-state index contributed by atoms with van der Waals surface area (Å²) >= 11 is 0. The van der Waals surface area contributed by atoms with E-state index in [0.717, 1.165) is 30.8 Å². The first-order chi connectivity index (χ1) is 10.3. The lowest BCUT2D eigenvalue weighted by atomic mass is 9.97. The lowest BCUT2D eigenvalue weighted by Crippen LogP contribution is -2.28. The number of benzene rings is 1. The van der Waals surface area contributed by atoms with Crippen LogP contribution in [0, 0.1) is 5.82 Å². The van der Waals surface area contributed by atoms with E-state index in [4.69, 9.17) is 0 Å². The Balaban J connectivity index is 1.59. The Morgan fingerprint density at radius 2 is 2.24 bits per heavy atom. The maximum Gasteiger partial charge on any atom is 0.144 e. The lowest BCUT2D eigenvalue weighted by molar-refractivity contribution is 0.454. The molecular weight excluding hydrogens is 267 g/mol. The number of aromatic nitrogens is 2. The molecule has 21 heavy (non-hydrogen) atoms. The van der Waals surface area contributed by atoms with E-state index < -0.39 is 0 Å². The van der Waals surface area contributed by atoms with Gasteiger partial charge in [0.2, 0.25) is 0 Å². The van der Waals surface area contributed by atoms with E-state index in [1.807, 2.05) is 12.3 Å². The summed E-state index contributed by atoms with van der Waals surface area (Å²) in [5, 5.41) is 6.54. The summed E-state index contributed by atoms with van der Waals surface area (Å²) in [7, 11) is 0. The van der Waals surface area contributed by atoms with E-state index in [2.05, 4.69) is 20.6 Å². The third-order valence-corrected chi connectivity index (χ3v) is 3.75. The topological polar surface area (TPSA) is 49.8 Å². The number of piperidine rings is 1. The van der Waals surface area contributed by atoms with Gasteiger partial charge in [-0.15, -0.1) is 0 Å². The molecule has 1 aromatic carbocycles. The first-order valence-corrected chi connectivity index (χ1v) is 7.32. The number of rotatable bonds is 4. The molecule has 0 radical (unpaired) electrons. The number of nitrogens with one attached hydrogen (secondary N) is 2. The highest BCUT2D eigenvalue weighted by molar-refractivity contribution is 5.33. The summed E-state index contributed by atoms with van der Waals surface area (Å²) in [6, 6.07) is 6.54. The summed E-state index contributed by atoms with van der Waals surface area (Å²) < 4.78 is 13.1. The van der Waals surface area contributed by atoms with E-state index in [0.29, 0.717) is 18.3 Å². The molecule has 3 rings (SSSR count). The van der Waals surface area contributed by atoms with Crippen molar-refractivity contribution in [2.75, 3.05) is 18.4 Å². The molecule has 2 heterocycles. The van der Waals surface area contributed by atoms with Gasteiger partial charge in [-0.3, -0.25) is 4.98 Å². The Labute approximate surface area is 123 Å². The molecule has 1 fully saturated rings. The van der Waals surface area contributed by atoms with Crippen molar-refractivity contribution in [3.05, 3.63) is 53.7 Å². The van der Waals surface area contributed by atoms with Crippen molar-refractivity contribution in [2.24, 2.45) is 0 Å². The van der Waals surface area contributed by atoms with Crippen LogP contribution in [-0.4, -0.2) is 23.1 Å². The summed E-state index contributed by atoms with van der Waals surface area (Å²) in [5.74, 6) is 0.954. The van der Waals surface area contributed by atoms with Crippen molar-refractivity contribution in [1.29, 1.82) is 0 Å². The smallest absolute Gasteiger partial charge is 0.144 e. The average molecular weight is 286 g/mol. The van der Waals surface area contributed by atoms with Crippen LogP contribution >= 0.6 is 0 Å². The van der Waals surface area contributed by atoms with Crippen LogP contribution in [0.15, 0.2) is 36.7 Å². The SMILES string of the molecule is Fc1cccc(CNc2cnc([C@@H]3CCCNC3)cn2)c1. The Morgan fingerprint density at radius 3 is 2.95 bits per heavy atom. The zero-order valence-corrected chi connectivity index (χ0v) is 11.8. The van der Waals surface area contributed by atoms with Gasteiger partial charge in [-0.1, -0.05) is 12.1 Å². The monoisotopic (exact) mass is 286 g/mol. The van der Waals surface area contributed by atoms with Crippen LogP contribution in [-0.2, 0) is 6.54 Å². The highest BCUT2D eigenvalue weighted by Gasteiger charge is 2.16. The molecule has 110 valence electrons. The minimum Gasteiger partial charge on any atom is -0.365 e. The zero-order valence-electron chi connectivity index (χ0n) is 11.8. The van der Waals surface area contributed by atoms with Gasteiger partial charge in [-0.2, -0.15) is 0 Å². The van der Waals surface area contributed by atoms with Gasteiger partial charge in [-0.25, -0.2) is 9.37 Å². The summed E-state index contributed by atoms with van der Waals surface area (Å²) in [4.78, 5) is 8.89. The molecule has 1 atom stereocenters. The largest absolute Gasteiger partial charge is 0.365 e. The average Bonchev–Trinajstić information content (AvgIpc) is 2.54. The maximum absolute atomic E-state index is 13.1. The predicted molar refractivity (Wildman–Crippen MR) is 80.6 cm³/mol. The van der Waals surface area contributed by atoms with E-state index >= 15 is 0 Å². The van der Waals surface area contributed by atoms with Crippen molar-refractivity contribution >= 4 is 5.82 Å². The van der Waals surface area contributed by atoms with Crippen molar-refractivity contribution in [3.8, 4) is 0 Å². The highest BCUT2D eigenvalue weighted by atomic mass is 19.1. The zero-order chi connectivity index (χ0) is 14.5. The van der Waals surface area contributed by atoms with Crippen molar-refractivity contribution < 1.29 is 4.39 Å². The molecule has 1 aliphatic rings. The van der Waals surface area contributed by atoms with Gasteiger partial charge in [0.1, 0.15) is 11.6 Å². The first-order valence-electron chi connectivity index (χ1n) is 7.32. The highest BCUT2D eigenvalue weighted by Crippen LogP contribution is 2.21. The molecule has 2 N–H and O–H groups in total. The molecule has 2 aromatic rings. The minimum atomic E-state index is -0.222. The molecule has 0 amide bonds. The quantitative estimate of drug-likeness (QED) is 0.907. The van der Waals surface area contributed by atoms with E-state index in [1.165, 1.54) is 18.6 Å². The number of hydrogen-bond donors (Lipinski definition) is 2. The normalized spacial score (nSPS) is 18.4. The van der Waals surface area contributed by atoms with E-state index in [1.54, 1.807) is 12.3 Å². The Kier molecular flexibility index (Phi) is 4.40. The second kappa shape index (κ2) is 6.63. The molecule has 0 saturated carbocycles. The van der Waals surface area contributed by atoms with Crippen LogP contribution in [0.3, 0.4) is 0 Å². The molecule has 1 aliphatic heterocycles. The molecule has 0 unspecified atom stereocenters. The van der Waals surface area contributed by atoms with Crippen LogP contribution in [0.1, 0.15) is 30.0 Å². The molecule has 0 bridgehead atoms. The molecule has 1 aromatic heterocycles. The molecular formula is C16H19FN4. The van der Waals surface area contributed by atoms with Crippen molar-refractivity contribution in [3.63, 3.8) is 0 Å². The second-order valence-corrected chi connectivity index (χ2v) is 5.35. The third kappa shape index (κ3) is 3.76. The van der Waals surface area contributed by atoms with Gasteiger partial charge < -0.3 is 10.6 Å². The van der Waals surface area contributed by atoms with Crippen LogP contribution in [0.2, 0.25) is 0 Å². The standard InChI is InChI=1S/C16H19FN4/c17-14-5-1-3-12(7-14)8-20-16-11-19-15(10-21-16)13-4-2-6-18-9-13/h1,3,5,7,10-11,13,18H,2,4,6,8-9H2,(H,20,21)/t13-/m1/s1. The van der Waals surface area contributed by atoms with Gasteiger partial charge in [0.25, 0.3) is 0 Å². The predicted octanol–water partition coefficient (Wildman–Crippen LogP) is 2.69. The van der Waals surface area contributed by atoms with Gasteiger partial charge in [0, 0.05) is 19.0 Å². The lowest BCUT2D eigenvalue weighted by Gasteiger charge is -2.21. The number of anilines is 1. The van der Waals surface area contributed by atoms with Crippen LogP contribution in [0.25, 0.3) is 0 Å². The van der Waals surface area contributed by atoms with Crippen molar-refractivity contribution in [2.45, 2.75) is 25.3 Å². The first kappa shape index (κ1) is 13.9. The maximum atomic E-state index is 13.1. The van der Waals surface area contributed by atoms with Gasteiger partial charge >= 0.3 is 0 Å². The van der Waals surface area contributed by atoms with E-state index in [9.17, 15) is 4.39 Å². The molecule has 0 aliphatic carbocycles. The van der Waals surface area contributed by atoms with Crippen molar-refractivity contribution in [1.82, 2.24) is 15.3 Å². The van der Waals surface area contributed by atoms with Gasteiger partial charge in [0.15, 0.2) is 0 Å². The van der Waals surface area contributed by atoms with Gasteiger partial charge in [0.05, 0.1) is 18.1 Å². The third-order valence-electron chi connectivity index (χ3n) is 3.75. The van der Waals surface area contributed by atoms with Crippen LogP contribution < -0.4 is 10.6 Å². The molecule has 0 spiro atoms. The molecule has 4 nitrogen and oxygen atoms in total. The van der Waals surface area contributed by atoms with E-state index in [-0.39, 0.29) is 5.82 Å². The fourth-order valence-electron chi connectivity index (χ4n) is 2.58. The number of nitrogens with zero attached hydrogens (tertiary/aromatic N) is 2. The summed E-state index contributed by atoms with van der Waals surface area (Å²) in [6.07, 6.45) is 5.94. The fraction of sp³-hybridized carbons (Fsp3) is 0.375. The number of halogens is 1.